The van der Waals surface area contributed by atoms with Crippen molar-refractivity contribution in [3.8, 4) is 0 Å². The second kappa shape index (κ2) is 6.46. The predicted molar refractivity (Wildman–Crippen MR) is 84.5 cm³/mol. The van der Waals surface area contributed by atoms with Gasteiger partial charge in [-0.05, 0) is 49.1 Å². The van der Waals surface area contributed by atoms with Gasteiger partial charge in [-0.1, -0.05) is 12.1 Å². The molecule has 5 heteroatoms. The molecule has 2 N–H and O–H groups in total. The van der Waals surface area contributed by atoms with Crippen molar-refractivity contribution in [1.29, 1.82) is 0 Å². The van der Waals surface area contributed by atoms with E-state index in [1.54, 1.807) is 24.4 Å². The fourth-order valence-electron chi connectivity index (χ4n) is 3.30. The maximum atomic E-state index is 13.4. The second-order valence-corrected chi connectivity index (χ2v) is 6.03. The molecule has 3 rings (SSSR count). The summed E-state index contributed by atoms with van der Waals surface area (Å²) < 4.78 is 13.4. The third-order valence-corrected chi connectivity index (χ3v) is 4.48. The van der Waals surface area contributed by atoms with E-state index in [0.717, 1.165) is 18.4 Å². The van der Waals surface area contributed by atoms with E-state index in [2.05, 4.69) is 10.3 Å². The van der Waals surface area contributed by atoms with Crippen molar-refractivity contribution in [1.82, 2.24) is 10.3 Å². The van der Waals surface area contributed by atoms with Crippen LogP contribution in [0.25, 0.3) is 0 Å². The Morgan fingerprint density at radius 2 is 2.26 bits per heavy atom. The van der Waals surface area contributed by atoms with Gasteiger partial charge in [0.05, 0.1) is 11.2 Å². The van der Waals surface area contributed by atoms with E-state index in [1.807, 2.05) is 6.07 Å². The van der Waals surface area contributed by atoms with E-state index >= 15 is 0 Å². The second-order valence-electron chi connectivity index (χ2n) is 6.03. The number of nitrogens with one attached hydrogen (secondary N) is 1. The molecular formula is C18H19FN2O2. The van der Waals surface area contributed by atoms with E-state index in [-0.39, 0.29) is 24.2 Å². The summed E-state index contributed by atoms with van der Waals surface area (Å²) in [5.74, 6) is -0.750. The van der Waals surface area contributed by atoms with Crippen LogP contribution in [0, 0.1) is 5.82 Å². The van der Waals surface area contributed by atoms with Crippen molar-refractivity contribution < 1.29 is 14.3 Å². The van der Waals surface area contributed by atoms with Crippen LogP contribution in [0.3, 0.4) is 0 Å². The average molecular weight is 314 g/mol. The number of carbonyl (C=O) groups excluding carboxylic acids is 1. The van der Waals surface area contributed by atoms with Gasteiger partial charge in [0.1, 0.15) is 5.82 Å². The van der Waals surface area contributed by atoms with Crippen LogP contribution in [0.2, 0.25) is 0 Å². The number of hydrogen-bond donors (Lipinski definition) is 2. The van der Waals surface area contributed by atoms with Gasteiger partial charge >= 0.3 is 0 Å². The van der Waals surface area contributed by atoms with Crippen LogP contribution >= 0.6 is 0 Å². The van der Waals surface area contributed by atoms with Gasteiger partial charge in [-0.15, -0.1) is 0 Å². The number of pyridine rings is 1. The van der Waals surface area contributed by atoms with Gasteiger partial charge in [-0.2, -0.15) is 0 Å². The zero-order valence-electron chi connectivity index (χ0n) is 12.7. The molecule has 2 atom stereocenters. The fourth-order valence-corrected chi connectivity index (χ4v) is 3.30. The van der Waals surface area contributed by atoms with Crippen molar-refractivity contribution in [2.45, 2.75) is 30.8 Å². The zero-order valence-corrected chi connectivity index (χ0v) is 12.7. The van der Waals surface area contributed by atoms with Gasteiger partial charge in [-0.25, -0.2) is 4.39 Å². The highest BCUT2D eigenvalue weighted by Crippen LogP contribution is 2.42. The third kappa shape index (κ3) is 3.40. The number of benzene rings is 1. The summed E-state index contributed by atoms with van der Waals surface area (Å²) in [7, 11) is 0. The largest absolute Gasteiger partial charge is 0.387 e. The molecular weight excluding hydrogens is 295 g/mol. The molecule has 1 fully saturated rings. The Kier molecular flexibility index (Phi) is 4.39. The van der Waals surface area contributed by atoms with E-state index in [0.29, 0.717) is 12.0 Å². The summed E-state index contributed by atoms with van der Waals surface area (Å²) in [6.45, 7) is 0.141. The third-order valence-electron chi connectivity index (χ3n) is 4.48. The molecule has 4 nitrogen and oxygen atoms in total. The first-order valence-electron chi connectivity index (χ1n) is 7.74. The lowest BCUT2D eigenvalue weighted by Gasteiger charge is -2.30. The molecule has 0 radical (unpaired) electrons. The fraction of sp³-hybridized carbons (Fsp3) is 0.333. The molecule has 1 heterocycles. The number of nitrogens with zero attached hydrogens (tertiary/aromatic N) is 1. The van der Waals surface area contributed by atoms with E-state index < -0.39 is 5.60 Å². The minimum atomic E-state index is -1.05. The van der Waals surface area contributed by atoms with Crippen LogP contribution in [0.4, 0.5) is 4.39 Å². The van der Waals surface area contributed by atoms with Crippen LogP contribution in [0.1, 0.15) is 41.1 Å². The topological polar surface area (TPSA) is 62.2 Å². The van der Waals surface area contributed by atoms with Gasteiger partial charge in [-0.3, -0.25) is 9.78 Å². The molecule has 23 heavy (non-hydrogen) atoms. The van der Waals surface area contributed by atoms with Gasteiger partial charge in [0, 0.05) is 24.9 Å². The molecule has 1 amide bonds. The monoisotopic (exact) mass is 314 g/mol. The number of amides is 1. The normalized spacial score (nSPS) is 23.7. The molecule has 1 aromatic carbocycles. The van der Waals surface area contributed by atoms with Crippen LogP contribution in [-0.2, 0) is 0 Å². The summed E-state index contributed by atoms with van der Waals surface area (Å²) in [6, 6.07) is 9.69. The molecule has 1 saturated carbocycles. The number of aromatic nitrogens is 1. The molecule has 0 spiro atoms. The zero-order chi connectivity index (χ0) is 16.3. The highest BCUT2D eigenvalue weighted by atomic mass is 19.1. The minimum absolute atomic E-state index is 0.141. The smallest absolute Gasteiger partial charge is 0.252 e. The van der Waals surface area contributed by atoms with Crippen molar-refractivity contribution in [2.24, 2.45) is 0 Å². The molecule has 120 valence electrons. The molecule has 2 aromatic rings. The van der Waals surface area contributed by atoms with E-state index in [4.69, 9.17) is 0 Å². The summed E-state index contributed by atoms with van der Waals surface area (Å²) in [4.78, 5) is 16.0. The molecule has 0 saturated heterocycles. The number of halogens is 1. The Balaban J connectivity index is 1.71. The van der Waals surface area contributed by atoms with Gasteiger partial charge < -0.3 is 10.4 Å². The number of hydrogen-bond acceptors (Lipinski definition) is 3. The maximum absolute atomic E-state index is 13.4. The highest BCUT2D eigenvalue weighted by Gasteiger charge is 2.42. The summed E-state index contributed by atoms with van der Waals surface area (Å²) >= 11 is 0. The number of carbonyl (C=O) groups is 1. The Hall–Kier alpha value is -2.27. The lowest BCUT2D eigenvalue weighted by molar-refractivity contribution is 0.0291. The van der Waals surface area contributed by atoms with Crippen LogP contribution in [-0.4, -0.2) is 28.1 Å². The molecule has 0 aliphatic heterocycles. The van der Waals surface area contributed by atoms with Crippen molar-refractivity contribution >= 4 is 5.91 Å². The molecule has 2 unspecified atom stereocenters. The summed E-state index contributed by atoms with van der Waals surface area (Å²) in [6.07, 6.45) is 5.30. The van der Waals surface area contributed by atoms with Crippen molar-refractivity contribution in [3.63, 3.8) is 0 Å². The number of aliphatic hydroxyl groups is 1. The Labute approximate surface area is 134 Å². The summed E-state index contributed by atoms with van der Waals surface area (Å²) in [5.41, 5.74) is 0.183. The van der Waals surface area contributed by atoms with Gasteiger partial charge in [0.15, 0.2) is 0 Å². The van der Waals surface area contributed by atoms with Crippen LogP contribution in [0.5, 0.6) is 0 Å². The Morgan fingerprint density at radius 1 is 1.39 bits per heavy atom. The van der Waals surface area contributed by atoms with Crippen molar-refractivity contribution in [2.75, 3.05) is 6.54 Å². The van der Waals surface area contributed by atoms with Crippen molar-refractivity contribution in [3.05, 3.63) is 65.7 Å². The quantitative estimate of drug-likeness (QED) is 0.912. The van der Waals surface area contributed by atoms with E-state index in [9.17, 15) is 14.3 Å². The lowest BCUT2D eigenvalue weighted by Crippen LogP contribution is -2.44. The van der Waals surface area contributed by atoms with Gasteiger partial charge in [0.25, 0.3) is 5.91 Å². The average Bonchev–Trinajstić information content (AvgIpc) is 2.96. The first kappa shape index (κ1) is 15.6. The minimum Gasteiger partial charge on any atom is -0.387 e. The molecule has 1 aromatic heterocycles. The lowest BCUT2D eigenvalue weighted by atomic mass is 9.84. The SMILES string of the molecule is O=C(NCC1(O)CCCC1c1cccc(F)c1)c1cccnc1. The first-order chi connectivity index (χ1) is 11.1. The standard InChI is InChI=1S/C18H19FN2O2/c19-15-6-1-4-13(10-15)16-7-2-8-18(16,23)12-21-17(22)14-5-3-9-20-11-14/h1,3-6,9-11,16,23H,2,7-8,12H2,(H,21,22). The van der Waals surface area contributed by atoms with Crippen LogP contribution in [0.15, 0.2) is 48.8 Å². The summed E-state index contributed by atoms with van der Waals surface area (Å²) in [5, 5.41) is 13.7. The molecule has 0 bridgehead atoms. The van der Waals surface area contributed by atoms with Crippen LogP contribution < -0.4 is 5.32 Å². The van der Waals surface area contributed by atoms with E-state index in [1.165, 1.54) is 18.3 Å². The van der Waals surface area contributed by atoms with Gasteiger partial charge in [0.2, 0.25) is 0 Å². The highest BCUT2D eigenvalue weighted by molar-refractivity contribution is 5.93. The number of rotatable bonds is 4. The molecule has 1 aliphatic carbocycles. The molecule has 1 aliphatic rings. The Bertz CT molecular complexity index is 692. The Morgan fingerprint density at radius 3 is 3.00 bits per heavy atom. The first-order valence-corrected chi connectivity index (χ1v) is 7.74. The predicted octanol–water partition coefficient (Wildman–Crippen LogP) is 2.65. The maximum Gasteiger partial charge on any atom is 0.252 e.